The molecule has 1 atom stereocenters. The summed E-state index contributed by atoms with van der Waals surface area (Å²) >= 11 is 0. The Morgan fingerprint density at radius 1 is 0.947 bits per heavy atom. The SMILES string of the molecule is CC(N)(O)Cc1ccc(/N=N/c2ccccc2)cc1. The van der Waals surface area contributed by atoms with Gasteiger partial charge in [0.1, 0.15) is 5.72 Å². The largest absolute Gasteiger partial charge is 0.376 e. The van der Waals surface area contributed by atoms with Crippen molar-refractivity contribution in [3.05, 3.63) is 60.2 Å². The van der Waals surface area contributed by atoms with Crippen LogP contribution < -0.4 is 5.73 Å². The Labute approximate surface area is 112 Å². The highest BCUT2D eigenvalue weighted by atomic mass is 16.3. The molecule has 0 heterocycles. The topological polar surface area (TPSA) is 71.0 Å². The van der Waals surface area contributed by atoms with Crippen LogP contribution in [0.15, 0.2) is 64.8 Å². The molecule has 0 bridgehead atoms. The predicted molar refractivity (Wildman–Crippen MR) is 75.6 cm³/mol. The fourth-order valence-electron chi connectivity index (χ4n) is 1.70. The highest BCUT2D eigenvalue weighted by Gasteiger charge is 2.13. The van der Waals surface area contributed by atoms with Gasteiger partial charge in [-0.15, -0.1) is 0 Å². The van der Waals surface area contributed by atoms with Crippen LogP contribution in [0.1, 0.15) is 12.5 Å². The molecule has 3 N–H and O–H groups in total. The van der Waals surface area contributed by atoms with Crippen LogP contribution in [0.2, 0.25) is 0 Å². The lowest BCUT2D eigenvalue weighted by Crippen LogP contribution is -2.37. The van der Waals surface area contributed by atoms with Crippen LogP contribution in [-0.2, 0) is 6.42 Å². The van der Waals surface area contributed by atoms with Crippen molar-refractivity contribution in [2.45, 2.75) is 19.1 Å². The molecular weight excluding hydrogens is 238 g/mol. The first-order valence-corrected chi connectivity index (χ1v) is 6.10. The molecule has 0 aliphatic rings. The Hall–Kier alpha value is -2.04. The summed E-state index contributed by atoms with van der Waals surface area (Å²) in [7, 11) is 0. The number of nitrogens with zero attached hydrogens (tertiary/aromatic N) is 2. The summed E-state index contributed by atoms with van der Waals surface area (Å²) in [6.07, 6.45) is 0.406. The minimum absolute atomic E-state index is 0.406. The van der Waals surface area contributed by atoms with Gasteiger partial charge in [0.05, 0.1) is 11.4 Å². The maximum Gasteiger partial charge on any atom is 0.114 e. The van der Waals surface area contributed by atoms with Crippen molar-refractivity contribution in [1.82, 2.24) is 0 Å². The highest BCUT2D eigenvalue weighted by Crippen LogP contribution is 2.19. The number of hydrogen-bond donors (Lipinski definition) is 2. The molecule has 2 aromatic carbocycles. The Morgan fingerprint density at radius 2 is 1.47 bits per heavy atom. The number of aliphatic hydroxyl groups is 1. The van der Waals surface area contributed by atoms with E-state index in [0.29, 0.717) is 6.42 Å². The number of rotatable bonds is 4. The molecule has 0 saturated heterocycles. The van der Waals surface area contributed by atoms with E-state index in [0.717, 1.165) is 16.9 Å². The summed E-state index contributed by atoms with van der Waals surface area (Å²) in [6.45, 7) is 1.58. The van der Waals surface area contributed by atoms with Crippen LogP contribution in [0.25, 0.3) is 0 Å². The van der Waals surface area contributed by atoms with Crippen molar-refractivity contribution in [3.8, 4) is 0 Å². The second kappa shape index (κ2) is 5.73. The van der Waals surface area contributed by atoms with Gasteiger partial charge >= 0.3 is 0 Å². The molecular formula is C15H17N3O. The number of benzene rings is 2. The Balaban J connectivity index is 2.05. The molecule has 2 aromatic rings. The lowest BCUT2D eigenvalue weighted by atomic mass is 10.1. The van der Waals surface area contributed by atoms with E-state index in [-0.39, 0.29) is 0 Å². The summed E-state index contributed by atoms with van der Waals surface area (Å²) < 4.78 is 0. The molecule has 0 fully saturated rings. The minimum atomic E-state index is -1.19. The average Bonchev–Trinajstić information content (AvgIpc) is 2.37. The van der Waals surface area contributed by atoms with Gasteiger partial charge in [0.2, 0.25) is 0 Å². The van der Waals surface area contributed by atoms with Crippen molar-refractivity contribution < 1.29 is 5.11 Å². The van der Waals surface area contributed by atoms with Crippen molar-refractivity contribution >= 4 is 11.4 Å². The molecule has 0 saturated carbocycles. The van der Waals surface area contributed by atoms with Crippen molar-refractivity contribution in [2.75, 3.05) is 0 Å². The van der Waals surface area contributed by atoms with E-state index in [2.05, 4.69) is 10.2 Å². The van der Waals surface area contributed by atoms with Gasteiger partial charge in [0.25, 0.3) is 0 Å². The van der Waals surface area contributed by atoms with Gasteiger partial charge in [-0.25, -0.2) is 0 Å². The van der Waals surface area contributed by atoms with Crippen LogP contribution in [0.3, 0.4) is 0 Å². The van der Waals surface area contributed by atoms with E-state index < -0.39 is 5.72 Å². The lowest BCUT2D eigenvalue weighted by molar-refractivity contribution is 0.0677. The number of hydrogen-bond acceptors (Lipinski definition) is 4. The maximum atomic E-state index is 9.53. The first-order valence-electron chi connectivity index (χ1n) is 6.10. The van der Waals surface area contributed by atoms with Gasteiger partial charge in [0, 0.05) is 6.42 Å². The van der Waals surface area contributed by atoms with Crippen molar-refractivity contribution in [1.29, 1.82) is 0 Å². The molecule has 0 aliphatic heterocycles. The number of azo groups is 1. The second-order valence-electron chi connectivity index (χ2n) is 4.74. The summed E-state index contributed by atoms with van der Waals surface area (Å²) in [5.41, 5.74) is 6.91. The van der Waals surface area contributed by atoms with Gasteiger partial charge in [0.15, 0.2) is 0 Å². The van der Waals surface area contributed by atoms with Gasteiger partial charge < -0.3 is 10.8 Å². The Morgan fingerprint density at radius 3 is 2.00 bits per heavy atom. The van der Waals surface area contributed by atoms with Crippen LogP contribution in [-0.4, -0.2) is 10.8 Å². The van der Waals surface area contributed by atoms with Gasteiger partial charge in [-0.1, -0.05) is 30.3 Å². The molecule has 0 spiro atoms. The summed E-state index contributed by atoms with van der Waals surface area (Å²) in [6, 6.07) is 17.0. The quantitative estimate of drug-likeness (QED) is 0.650. The second-order valence-corrected chi connectivity index (χ2v) is 4.74. The average molecular weight is 255 g/mol. The first-order chi connectivity index (χ1) is 9.03. The van der Waals surface area contributed by atoms with E-state index in [9.17, 15) is 5.11 Å². The van der Waals surface area contributed by atoms with Crippen LogP contribution in [0.5, 0.6) is 0 Å². The van der Waals surface area contributed by atoms with E-state index in [1.807, 2.05) is 54.6 Å². The summed E-state index contributed by atoms with van der Waals surface area (Å²) in [4.78, 5) is 0. The normalized spacial score (nSPS) is 14.5. The molecule has 4 heteroatoms. The van der Waals surface area contributed by atoms with E-state index in [4.69, 9.17) is 5.73 Å². The molecule has 0 aromatic heterocycles. The zero-order valence-electron chi connectivity index (χ0n) is 10.8. The summed E-state index contributed by atoms with van der Waals surface area (Å²) in [5, 5.41) is 17.8. The third-order valence-corrected chi connectivity index (χ3v) is 2.54. The van der Waals surface area contributed by atoms with Crippen molar-refractivity contribution in [2.24, 2.45) is 16.0 Å². The maximum absolute atomic E-state index is 9.53. The zero-order valence-corrected chi connectivity index (χ0v) is 10.8. The van der Waals surface area contributed by atoms with Gasteiger partial charge in [-0.05, 0) is 36.8 Å². The molecule has 0 aliphatic carbocycles. The van der Waals surface area contributed by atoms with E-state index in [1.54, 1.807) is 6.92 Å². The highest BCUT2D eigenvalue weighted by molar-refractivity contribution is 5.41. The van der Waals surface area contributed by atoms with E-state index in [1.165, 1.54) is 0 Å². The summed E-state index contributed by atoms with van der Waals surface area (Å²) in [5.74, 6) is 0. The molecule has 4 nitrogen and oxygen atoms in total. The zero-order chi connectivity index (χ0) is 13.7. The fraction of sp³-hybridized carbons (Fsp3) is 0.200. The standard InChI is InChI=1S/C15H17N3O/c1-15(16,19)11-12-7-9-14(10-8-12)18-17-13-5-3-2-4-6-13/h2-10,19H,11,16H2,1H3/b18-17+. The molecule has 0 amide bonds. The van der Waals surface area contributed by atoms with E-state index >= 15 is 0 Å². The molecule has 1 unspecified atom stereocenters. The van der Waals surface area contributed by atoms with Crippen LogP contribution >= 0.6 is 0 Å². The monoisotopic (exact) mass is 255 g/mol. The van der Waals surface area contributed by atoms with Crippen LogP contribution in [0, 0.1) is 0 Å². The lowest BCUT2D eigenvalue weighted by Gasteiger charge is -2.16. The van der Waals surface area contributed by atoms with Crippen LogP contribution in [0.4, 0.5) is 11.4 Å². The smallest absolute Gasteiger partial charge is 0.114 e. The fourth-order valence-corrected chi connectivity index (χ4v) is 1.70. The third kappa shape index (κ3) is 4.62. The van der Waals surface area contributed by atoms with Crippen molar-refractivity contribution in [3.63, 3.8) is 0 Å². The third-order valence-electron chi connectivity index (χ3n) is 2.54. The first kappa shape index (κ1) is 13.4. The Kier molecular flexibility index (Phi) is 4.04. The minimum Gasteiger partial charge on any atom is -0.376 e. The van der Waals surface area contributed by atoms with Gasteiger partial charge in [-0.2, -0.15) is 10.2 Å². The van der Waals surface area contributed by atoms with Gasteiger partial charge in [-0.3, -0.25) is 0 Å². The predicted octanol–water partition coefficient (Wildman–Crippen LogP) is 3.31. The molecule has 0 radical (unpaired) electrons. The Bertz CT molecular complexity index is 542. The molecule has 98 valence electrons. The number of nitrogens with two attached hydrogens (primary N) is 1. The molecule has 2 rings (SSSR count). The molecule has 19 heavy (non-hydrogen) atoms.